The number of ether oxygens (including phenoxy) is 1. The zero-order valence-electron chi connectivity index (χ0n) is 23.8. The highest BCUT2D eigenvalue weighted by Crippen LogP contribution is 2.33. The van der Waals surface area contributed by atoms with Gasteiger partial charge in [0, 0.05) is 29.4 Å². The summed E-state index contributed by atoms with van der Waals surface area (Å²) in [4.78, 5) is 50.2. The van der Waals surface area contributed by atoms with Gasteiger partial charge in [-0.15, -0.1) is 0 Å². The number of carboxylic acids is 1. The van der Waals surface area contributed by atoms with Crippen molar-refractivity contribution in [2.75, 3.05) is 17.2 Å². The summed E-state index contributed by atoms with van der Waals surface area (Å²) < 4.78 is 5.45. The van der Waals surface area contributed by atoms with Gasteiger partial charge in [-0.25, -0.2) is 4.79 Å². The summed E-state index contributed by atoms with van der Waals surface area (Å²) in [6.07, 6.45) is 5.15. The van der Waals surface area contributed by atoms with Crippen molar-refractivity contribution in [3.8, 4) is 5.75 Å². The molecule has 218 valence electrons. The molecular weight excluding hydrogens is 534 g/mol. The van der Waals surface area contributed by atoms with Crippen LogP contribution in [0, 0.1) is 0 Å². The molecule has 3 amide bonds. The molecule has 0 saturated heterocycles. The topological polar surface area (TPSA) is 125 Å². The Morgan fingerprint density at radius 3 is 2.12 bits per heavy atom. The van der Waals surface area contributed by atoms with E-state index in [9.17, 15) is 19.2 Å². The first-order valence-corrected chi connectivity index (χ1v) is 13.6. The average molecular weight is 570 g/mol. The van der Waals surface area contributed by atoms with E-state index in [1.54, 1.807) is 42.5 Å². The fourth-order valence-electron chi connectivity index (χ4n) is 3.98. The lowest BCUT2D eigenvalue weighted by atomic mass is 10.1. The summed E-state index contributed by atoms with van der Waals surface area (Å²) in [6, 6.07) is 18.1. The molecule has 0 atom stereocenters. The van der Waals surface area contributed by atoms with Gasteiger partial charge in [-0.3, -0.25) is 14.4 Å². The van der Waals surface area contributed by atoms with Crippen LogP contribution in [0.25, 0.3) is 0 Å². The Balaban J connectivity index is 0.000000745. The third-order valence-electron chi connectivity index (χ3n) is 6.24. The summed E-state index contributed by atoms with van der Waals surface area (Å²) in [7, 11) is 0. The van der Waals surface area contributed by atoms with Crippen LogP contribution in [0.5, 0.6) is 5.75 Å². The number of aromatic carboxylic acids is 1. The molecule has 1 aliphatic carbocycles. The number of nitrogens with zero attached hydrogens (tertiary/aromatic N) is 1. The van der Waals surface area contributed by atoms with Gasteiger partial charge in [-0.05, 0) is 73.0 Å². The van der Waals surface area contributed by atoms with Crippen molar-refractivity contribution >= 4 is 35.1 Å². The van der Waals surface area contributed by atoms with Crippen molar-refractivity contribution in [2.24, 2.45) is 0 Å². The predicted molar refractivity (Wildman–Crippen MR) is 163 cm³/mol. The SMILES string of the molecule is C=CC=C.CC.O=C1COc2cc(C(=O)N(Cc3ccc(C(=O)Nc4ccc(C(=O)O)cc4)cc3)C3CC3)ccc2N1. The maximum Gasteiger partial charge on any atom is 0.335 e. The van der Waals surface area contributed by atoms with Crippen LogP contribution >= 0.6 is 0 Å². The molecule has 5 rings (SSSR count). The van der Waals surface area contributed by atoms with Crippen LogP contribution in [0.2, 0.25) is 0 Å². The molecule has 0 unspecified atom stereocenters. The van der Waals surface area contributed by atoms with Crippen LogP contribution in [-0.4, -0.2) is 46.3 Å². The van der Waals surface area contributed by atoms with Gasteiger partial charge in [-0.1, -0.05) is 51.3 Å². The summed E-state index contributed by atoms with van der Waals surface area (Å²) in [5.74, 6) is -1.22. The third-order valence-corrected chi connectivity index (χ3v) is 6.24. The molecule has 3 aromatic rings. The van der Waals surface area contributed by atoms with E-state index >= 15 is 0 Å². The Bertz CT molecular complexity index is 1440. The van der Waals surface area contributed by atoms with Crippen molar-refractivity contribution in [1.82, 2.24) is 4.90 Å². The van der Waals surface area contributed by atoms with Gasteiger partial charge in [-0.2, -0.15) is 0 Å². The number of carbonyl (C=O) groups excluding carboxylic acids is 3. The molecule has 3 N–H and O–H groups in total. The third kappa shape index (κ3) is 8.41. The second-order valence-electron chi connectivity index (χ2n) is 9.22. The highest BCUT2D eigenvalue weighted by Gasteiger charge is 2.33. The Hall–Kier alpha value is -5.18. The first-order chi connectivity index (χ1) is 20.3. The maximum absolute atomic E-state index is 13.3. The lowest BCUT2D eigenvalue weighted by Crippen LogP contribution is -2.33. The van der Waals surface area contributed by atoms with E-state index in [0.717, 1.165) is 18.4 Å². The van der Waals surface area contributed by atoms with Crippen molar-refractivity contribution in [2.45, 2.75) is 39.3 Å². The zero-order valence-corrected chi connectivity index (χ0v) is 23.8. The van der Waals surface area contributed by atoms with Crippen molar-refractivity contribution in [1.29, 1.82) is 0 Å². The normalized spacial score (nSPS) is 12.8. The molecule has 1 saturated carbocycles. The zero-order chi connectivity index (χ0) is 30.6. The van der Waals surface area contributed by atoms with E-state index < -0.39 is 5.97 Å². The number of hydrogen-bond donors (Lipinski definition) is 3. The number of benzene rings is 3. The minimum atomic E-state index is -1.03. The molecule has 1 aliphatic heterocycles. The second kappa shape index (κ2) is 15.0. The molecular formula is C33H35N3O6. The van der Waals surface area contributed by atoms with Gasteiger partial charge in [0.25, 0.3) is 17.7 Å². The molecule has 2 aliphatic rings. The molecule has 1 heterocycles. The molecule has 42 heavy (non-hydrogen) atoms. The number of rotatable bonds is 8. The quantitative estimate of drug-likeness (QED) is 0.279. The summed E-state index contributed by atoms with van der Waals surface area (Å²) in [5, 5.41) is 14.5. The van der Waals surface area contributed by atoms with Gasteiger partial charge in [0.15, 0.2) is 6.61 Å². The molecule has 9 nitrogen and oxygen atoms in total. The van der Waals surface area contributed by atoms with E-state index in [4.69, 9.17) is 9.84 Å². The molecule has 0 spiro atoms. The summed E-state index contributed by atoms with van der Waals surface area (Å²) >= 11 is 0. The molecule has 3 aromatic carbocycles. The molecule has 0 bridgehead atoms. The molecule has 1 fully saturated rings. The first kappa shape index (κ1) is 31.3. The van der Waals surface area contributed by atoms with Crippen molar-refractivity contribution < 1.29 is 29.0 Å². The van der Waals surface area contributed by atoms with Crippen molar-refractivity contribution in [3.05, 3.63) is 114 Å². The van der Waals surface area contributed by atoms with Gasteiger partial charge in [0.1, 0.15) is 5.75 Å². The Kier molecular flexibility index (Phi) is 11.2. The van der Waals surface area contributed by atoms with E-state index in [2.05, 4.69) is 23.8 Å². The number of hydrogen-bond acceptors (Lipinski definition) is 5. The van der Waals surface area contributed by atoms with Crippen LogP contribution in [0.3, 0.4) is 0 Å². The molecule has 0 radical (unpaired) electrons. The number of carboxylic acid groups (broad SMARTS) is 1. The molecule has 9 heteroatoms. The van der Waals surface area contributed by atoms with Crippen LogP contribution < -0.4 is 15.4 Å². The first-order valence-electron chi connectivity index (χ1n) is 13.6. The standard InChI is InChI=1S/C27H23N3O6.C4H6.C2H6/c31-24-15-36-23-13-19(7-12-22(23)29-24)26(33)30(21-10-11-21)14-16-1-3-17(4-2-16)25(32)28-20-8-5-18(6-9-20)27(34)35;1-3-4-2;1-2/h1-9,12-13,21H,10-11,14-15H2,(H,28,32)(H,29,31)(H,34,35);3-4H,1-2H2;1-2H3. The van der Waals surface area contributed by atoms with Gasteiger partial charge in [0.05, 0.1) is 11.3 Å². The Labute approximate surface area is 245 Å². The predicted octanol–water partition coefficient (Wildman–Crippen LogP) is 6.16. The average Bonchev–Trinajstić information content (AvgIpc) is 3.86. The van der Waals surface area contributed by atoms with Crippen LogP contribution in [0.4, 0.5) is 11.4 Å². The number of amides is 3. The lowest BCUT2D eigenvalue weighted by Gasteiger charge is -2.24. The van der Waals surface area contributed by atoms with E-state index in [-0.39, 0.29) is 35.9 Å². The number of nitrogens with one attached hydrogen (secondary N) is 2. The fourth-order valence-corrected chi connectivity index (χ4v) is 3.98. The van der Waals surface area contributed by atoms with E-state index in [1.165, 1.54) is 24.3 Å². The van der Waals surface area contributed by atoms with Gasteiger partial charge >= 0.3 is 5.97 Å². The van der Waals surface area contributed by atoms with E-state index in [1.807, 2.05) is 30.9 Å². The van der Waals surface area contributed by atoms with Crippen LogP contribution in [0.1, 0.15) is 63.3 Å². The summed E-state index contributed by atoms with van der Waals surface area (Å²) in [6.45, 7) is 11.0. The highest BCUT2D eigenvalue weighted by atomic mass is 16.5. The number of allylic oxidation sites excluding steroid dienone is 2. The smallest absolute Gasteiger partial charge is 0.335 e. The second-order valence-corrected chi connectivity index (χ2v) is 9.22. The Morgan fingerprint density at radius 2 is 1.55 bits per heavy atom. The largest absolute Gasteiger partial charge is 0.482 e. The fraction of sp³-hybridized carbons (Fsp3) is 0.212. The van der Waals surface area contributed by atoms with Gasteiger partial charge < -0.3 is 25.4 Å². The maximum atomic E-state index is 13.3. The van der Waals surface area contributed by atoms with Gasteiger partial charge in [0.2, 0.25) is 0 Å². The highest BCUT2D eigenvalue weighted by molar-refractivity contribution is 6.04. The number of anilines is 2. The minimum Gasteiger partial charge on any atom is -0.482 e. The monoisotopic (exact) mass is 569 g/mol. The minimum absolute atomic E-state index is 0.0788. The van der Waals surface area contributed by atoms with E-state index in [0.29, 0.717) is 34.8 Å². The summed E-state index contributed by atoms with van der Waals surface area (Å²) in [5.41, 5.74) is 3.00. The van der Waals surface area contributed by atoms with Crippen molar-refractivity contribution in [3.63, 3.8) is 0 Å². The number of carbonyl (C=O) groups is 4. The lowest BCUT2D eigenvalue weighted by molar-refractivity contribution is -0.118. The number of fused-ring (bicyclic) bond motifs is 1. The Morgan fingerprint density at radius 1 is 0.952 bits per heavy atom. The van der Waals surface area contributed by atoms with Crippen LogP contribution in [0.15, 0.2) is 92.0 Å². The molecule has 0 aromatic heterocycles. The van der Waals surface area contributed by atoms with Crippen LogP contribution in [-0.2, 0) is 11.3 Å².